The van der Waals surface area contributed by atoms with Gasteiger partial charge in [-0.1, -0.05) is 6.07 Å². The monoisotopic (exact) mass is 371 g/mol. The van der Waals surface area contributed by atoms with Crippen molar-refractivity contribution < 1.29 is 14.0 Å². The van der Waals surface area contributed by atoms with Crippen LogP contribution in [0.1, 0.15) is 18.4 Å². The summed E-state index contributed by atoms with van der Waals surface area (Å²) >= 11 is 0. The van der Waals surface area contributed by atoms with Gasteiger partial charge < -0.3 is 15.5 Å². The van der Waals surface area contributed by atoms with E-state index in [-0.39, 0.29) is 5.69 Å². The van der Waals surface area contributed by atoms with Gasteiger partial charge in [-0.2, -0.15) is 0 Å². The Morgan fingerprint density at radius 2 is 1.89 bits per heavy atom. The van der Waals surface area contributed by atoms with Crippen LogP contribution >= 0.6 is 0 Å². The van der Waals surface area contributed by atoms with E-state index in [0.717, 1.165) is 25.9 Å². The fourth-order valence-electron chi connectivity index (χ4n) is 2.97. The molecule has 0 radical (unpaired) electrons. The van der Waals surface area contributed by atoms with Crippen molar-refractivity contribution in [2.24, 2.45) is 5.92 Å². The van der Waals surface area contributed by atoms with E-state index in [1.165, 1.54) is 6.07 Å². The number of amides is 2. The molecule has 1 aliphatic heterocycles. The number of hydrogen-bond donors (Lipinski definition) is 2. The predicted molar refractivity (Wildman–Crippen MR) is 99.7 cm³/mol. The van der Waals surface area contributed by atoms with Crippen LogP contribution in [-0.2, 0) is 9.59 Å². The molecule has 0 spiro atoms. The number of aromatic nitrogens is 2. The van der Waals surface area contributed by atoms with Crippen molar-refractivity contribution in [2.45, 2.75) is 19.8 Å². The lowest BCUT2D eigenvalue weighted by Gasteiger charge is -2.31. The summed E-state index contributed by atoms with van der Waals surface area (Å²) in [5.74, 6) is -0.941. The number of carbonyl (C=O) groups excluding carboxylic acids is 2. The Labute approximate surface area is 157 Å². The first-order valence-electron chi connectivity index (χ1n) is 8.90. The number of nitrogens with one attached hydrogen (secondary N) is 2. The number of rotatable bonds is 4. The summed E-state index contributed by atoms with van der Waals surface area (Å²) in [6.07, 6.45) is 5.19. The third kappa shape index (κ3) is 4.99. The number of nitrogens with zero attached hydrogens (tertiary/aromatic N) is 3. The molecule has 2 aromatic rings. The topological polar surface area (TPSA) is 87.2 Å². The molecule has 0 bridgehead atoms. The molecule has 3 rings (SSSR count). The van der Waals surface area contributed by atoms with Crippen molar-refractivity contribution in [3.8, 4) is 0 Å². The Morgan fingerprint density at radius 1 is 1.19 bits per heavy atom. The number of anilines is 2. The van der Waals surface area contributed by atoms with Crippen LogP contribution < -0.4 is 15.5 Å². The molecule has 2 N–H and O–H groups in total. The Morgan fingerprint density at radius 3 is 2.56 bits per heavy atom. The summed E-state index contributed by atoms with van der Waals surface area (Å²) in [6, 6.07) is 6.09. The molecule has 2 amide bonds. The average Bonchev–Trinajstić information content (AvgIpc) is 2.70. The zero-order valence-corrected chi connectivity index (χ0v) is 15.1. The van der Waals surface area contributed by atoms with E-state index in [1.807, 2.05) is 0 Å². The Hall–Kier alpha value is -3.03. The first-order chi connectivity index (χ1) is 13.0. The summed E-state index contributed by atoms with van der Waals surface area (Å²) in [5, 5.41) is 5.07. The largest absolute Gasteiger partial charge is 0.348 e. The van der Waals surface area contributed by atoms with Gasteiger partial charge >= 0.3 is 11.8 Å². The average molecular weight is 371 g/mol. The van der Waals surface area contributed by atoms with E-state index in [4.69, 9.17) is 0 Å². The standard InChI is InChI=1S/C19H22FN5O2/c1-13-3-4-15(11-16(13)20)24-18(27)17(26)23-12-14-5-9-25(10-6-14)19-21-7-2-8-22-19/h2-4,7-8,11,14H,5-6,9-10,12H2,1H3,(H,23,26)(H,24,27). The van der Waals surface area contributed by atoms with Crippen molar-refractivity contribution in [3.63, 3.8) is 0 Å². The molecule has 1 aromatic carbocycles. The van der Waals surface area contributed by atoms with Crippen LogP contribution in [0.4, 0.5) is 16.0 Å². The van der Waals surface area contributed by atoms with Gasteiger partial charge in [-0.05, 0) is 49.4 Å². The normalized spacial score (nSPS) is 14.7. The van der Waals surface area contributed by atoms with Crippen LogP contribution in [-0.4, -0.2) is 41.4 Å². The van der Waals surface area contributed by atoms with Crippen LogP contribution in [0, 0.1) is 18.7 Å². The zero-order chi connectivity index (χ0) is 19.2. The summed E-state index contributed by atoms with van der Waals surface area (Å²) < 4.78 is 13.5. The first kappa shape index (κ1) is 18.8. The number of aryl methyl sites for hydroxylation is 1. The molecule has 1 aliphatic rings. The lowest BCUT2D eigenvalue weighted by Crippen LogP contribution is -2.42. The minimum absolute atomic E-state index is 0.259. The summed E-state index contributed by atoms with van der Waals surface area (Å²) in [5.41, 5.74) is 0.735. The highest BCUT2D eigenvalue weighted by atomic mass is 19.1. The molecule has 0 unspecified atom stereocenters. The molecule has 27 heavy (non-hydrogen) atoms. The fourth-order valence-corrected chi connectivity index (χ4v) is 2.97. The first-order valence-corrected chi connectivity index (χ1v) is 8.90. The molecule has 0 atom stereocenters. The third-order valence-electron chi connectivity index (χ3n) is 4.64. The molecule has 2 heterocycles. The van der Waals surface area contributed by atoms with E-state index in [0.29, 0.717) is 24.0 Å². The van der Waals surface area contributed by atoms with Gasteiger partial charge in [0.15, 0.2) is 0 Å². The maximum atomic E-state index is 13.5. The number of hydrogen-bond acceptors (Lipinski definition) is 5. The van der Waals surface area contributed by atoms with Crippen molar-refractivity contribution in [1.82, 2.24) is 15.3 Å². The number of piperidine rings is 1. The van der Waals surface area contributed by atoms with Crippen molar-refractivity contribution >= 4 is 23.5 Å². The maximum Gasteiger partial charge on any atom is 0.313 e. The second kappa shape index (κ2) is 8.57. The lowest BCUT2D eigenvalue weighted by molar-refractivity contribution is -0.136. The smallest absolute Gasteiger partial charge is 0.313 e. The van der Waals surface area contributed by atoms with Gasteiger partial charge in [-0.15, -0.1) is 0 Å². The summed E-state index contributed by atoms with van der Waals surface area (Å²) in [6.45, 7) is 3.67. The SMILES string of the molecule is Cc1ccc(NC(=O)C(=O)NCC2CCN(c3ncccn3)CC2)cc1F. The Bertz CT molecular complexity index is 807. The highest BCUT2D eigenvalue weighted by Gasteiger charge is 2.22. The summed E-state index contributed by atoms with van der Waals surface area (Å²) in [7, 11) is 0. The van der Waals surface area contributed by atoms with E-state index in [2.05, 4.69) is 25.5 Å². The van der Waals surface area contributed by atoms with Crippen LogP contribution in [0.5, 0.6) is 0 Å². The fraction of sp³-hybridized carbons (Fsp3) is 0.368. The van der Waals surface area contributed by atoms with Crippen LogP contribution in [0.2, 0.25) is 0 Å². The van der Waals surface area contributed by atoms with Crippen LogP contribution in [0.3, 0.4) is 0 Å². The third-order valence-corrected chi connectivity index (χ3v) is 4.64. The Kier molecular flexibility index (Phi) is 5.95. The van der Waals surface area contributed by atoms with E-state index < -0.39 is 17.6 Å². The molecule has 0 aliphatic carbocycles. The minimum Gasteiger partial charge on any atom is -0.348 e. The van der Waals surface area contributed by atoms with E-state index in [1.54, 1.807) is 37.5 Å². The van der Waals surface area contributed by atoms with E-state index in [9.17, 15) is 14.0 Å². The minimum atomic E-state index is -0.798. The predicted octanol–water partition coefficient (Wildman–Crippen LogP) is 1.90. The van der Waals surface area contributed by atoms with Gasteiger partial charge in [0.1, 0.15) is 5.82 Å². The summed E-state index contributed by atoms with van der Waals surface area (Å²) in [4.78, 5) is 34.5. The molecular weight excluding hydrogens is 349 g/mol. The van der Waals surface area contributed by atoms with Gasteiger partial charge in [0, 0.05) is 37.7 Å². The second-order valence-electron chi connectivity index (χ2n) is 6.61. The number of halogens is 1. The molecule has 0 saturated carbocycles. The van der Waals surface area contributed by atoms with Crippen LogP contribution in [0.25, 0.3) is 0 Å². The lowest BCUT2D eigenvalue weighted by atomic mass is 9.97. The molecule has 142 valence electrons. The maximum absolute atomic E-state index is 13.5. The van der Waals surface area contributed by atoms with Gasteiger partial charge in [0.2, 0.25) is 5.95 Å². The molecular formula is C19H22FN5O2. The molecule has 1 fully saturated rings. The highest BCUT2D eigenvalue weighted by molar-refractivity contribution is 6.39. The second-order valence-corrected chi connectivity index (χ2v) is 6.61. The number of benzene rings is 1. The quantitative estimate of drug-likeness (QED) is 0.802. The Balaban J connectivity index is 1.42. The highest BCUT2D eigenvalue weighted by Crippen LogP contribution is 2.19. The van der Waals surface area contributed by atoms with Gasteiger partial charge in [-0.3, -0.25) is 9.59 Å². The zero-order valence-electron chi connectivity index (χ0n) is 15.1. The van der Waals surface area contributed by atoms with Crippen molar-refractivity contribution in [3.05, 3.63) is 48.0 Å². The van der Waals surface area contributed by atoms with Crippen molar-refractivity contribution in [2.75, 3.05) is 29.9 Å². The van der Waals surface area contributed by atoms with Crippen LogP contribution in [0.15, 0.2) is 36.7 Å². The van der Waals surface area contributed by atoms with E-state index >= 15 is 0 Å². The van der Waals surface area contributed by atoms with Crippen molar-refractivity contribution in [1.29, 1.82) is 0 Å². The molecule has 1 saturated heterocycles. The molecule has 7 nitrogen and oxygen atoms in total. The number of carbonyl (C=O) groups is 2. The van der Waals surface area contributed by atoms with Gasteiger partial charge in [-0.25, -0.2) is 14.4 Å². The van der Waals surface area contributed by atoms with Gasteiger partial charge in [0.05, 0.1) is 0 Å². The van der Waals surface area contributed by atoms with Gasteiger partial charge in [0.25, 0.3) is 0 Å². The molecule has 8 heteroatoms. The molecule has 1 aromatic heterocycles.